The van der Waals surface area contributed by atoms with Crippen molar-refractivity contribution in [2.45, 2.75) is 166 Å². The zero-order valence-electron chi connectivity index (χ0n) is 44.9. The molecule has 0 saturated carbocycles. The predicted octanol–water partition coefficient (Wildman–Crippen LogP) is 1.54. The van der Waals surface area contributed by atoms with Gasteiger partial charge in [-0.3, -0.25) is 33.6 Å². The van der Waals surface area contributed by atoms with Crippen molar-refractivity contribution in [3.8, 4) is 5.75 Å². The van der Waals surface area contributed by atoms with Gasteiger partial charge >= 0.3 is 5.97 Å². The average Bonchev–Trinajstić information content (AvgIpc) is 3.42. The van der Waals surface area contributed by atoms with Gasteiger partial charge in [-0.05, 0) is 92.9 Å². The number of hydrogen-bond acceptors (Lipinski definition) is 14. The summed E-state index contributed by atoms with van der Waals surface area (Å²) in [6.07, 6.45) is 0.703. The molecule has 2 heterocycles. The molecule has 0 spiro atoms. The number of methoxy groups -OCH3 is 2. The Labute approximate surface area is 445 Å². The van der Waals surface area contributed by atoms with Crippen LogP contribution in [0.2, 0.25) is 0 Å². The van der Waals surface area contributed by atoms with Gasteiger partial charge in [0.25, 0.3) is 5.91 Å². The number of carbonyl (C=O) groups is 8. The summed E-state index contributed by atoms with van der Waals surface area (Å²) in [7, 11) is 4.08. The Morgan fingerprint density at radius 1 is 0.816 bits per heavy atom. The number of rotatable bonds is 18. The summed E-state index contributed by atoms with van der Waals surface area (Å²) in [6.45, 7) is 7.80. The molecule has 2 aliphatic heterocycles. The van der Waals surface area contributed by atoms with Crippen LogP contribution in [0.3, 0.4) is 0 Å². The number of benzene rings is 2. The molecule has 0 radical (unpaired) electrons. The van der Waals surface area contributed by atoms with E-state index in [1.54, 1.807) is 68.5 Å². The van der Waals surface area contributed by atoms with E-state index in [0.717, 1.165) is 0 Å². The number of phenols is 1. The molecule has 76 heavy (non-hydrogen) atoms. The molecule has 21 heteroatoms. The Bertz CT molecular complexity index is 2330. The molecule has 2 aromatic rings. The number of carbonyl (C=O) groups excluding carboxylic acids is 8. The van der Waals surface area contributed by atoms with Gasteiger partial charge in [0.05, 0.1) is 12.7 Å². The van der Waals surface area contributed by atoms with Gasteiger partial charge in [-0.25, -0.2) is 4.79 Å². The number of aliphatic hydroxyl groups excluding tert-OH is 2. The van der Waals surface area contributed by atoms with Gasteiger partial charge in [0.15, 0.2) is 6.10 Å². The van der Waals surface area contributed by atoms with E-state index in [1.165, 1.54) is 50.1 Å². The van der Waals surface area contributed by atoms with Crippen LogP contribution in [-0.2, 0) is 65.4 Å². The van der Waals surface area contributed by atoms with Crippen molar-refractivity contribution in [1.82, 2.24) is 36.4 Å². The zero-order valence-corrected chi connectivity index (χ0v) is 44.9. The highest BCUT2D eigenvalue weighted by atomic mass is 16.5. The summed E-state index contributed by atoms with van der Waals surface area (Å²) in [4.78, 5) is 120. The van der Waals surface area contributed by atoms with Crippen LogP contribution < -0.4 is 26.6 Å². The average molecular weight is 1060 g/mol. The highest BCUT2D eigenvalue weighted by Gasteiger charge is 2.48. The maximum Gasteiger partial charge on any atom is 0.329 e. The maximum atomic E-state index is 15.2. The number of fused-ring (bicyclic) bond motifs is 2. The fraction of sp³-hybridized carbons (Fsp3) is 0.600. The number of esters is 1. The number of nitrogens with zero attached hydrogens (tertiary/aromatic N) is 2. The van der Waals surface area contributed by atoms with Gasteiger partial charge in [-0.1, -0.05) is 95.2 Å². The number of nitrogens with one attached hydrogen (secondary N) is 5. The van der Waals surface area contributed by atoms with Crippen molar-refractivity contribution in [2.24, 2.45) is 17.8 Å². The second-order valence-electron chi connectivity index (χ2n) is 20.3. The van der Waals surface area contributed by atoms with Crippen molar-refractivity contribution in [1.29, 1.82) is 0 Å². The molecule has 14 atom stereocenters. The molecule has 14 unspecified atom stereocenters. The fourth-order valence-electron chi connectivity index (χ4n) is 9.83. The number of aliphatic hydroxyl groups is 2. The van der Waals surface area contributed by atoms with Gasteiger partial charge in [-0.2, -0.15) is 0 Å². The van der Waals surface area contributed by atoms with Crippen LogP contribution in [0, 0.1) is 17.8 Å². The number of phenolic OH excluding ortho intramolecular Hbond substituents is 1. The normalized spacial score (nSPS) is 27.8. The van der Waals surface area contributed by atoms with Crippen LogP contribution >= 0.6 is 0 Å². The largest absolute Gasteiger partial charge is 0.508 e. The van der Waals surface area contributed by atoms with Crippen LogP contribution in [0.4, 0.5) is 0 Å². The highest BCUT2D eigenvalue weighted by molar-refractivity contribution is 5.98. The molecule has 2 aromatic carbocycles. The molecule has 21 nitrogen and oxygen atoms in total. The Hall–Kier alpha value is -6.42. The molecule has 1 aliphatic carbocycles. The summed E-state index contributed by atoms with van der Waals surface area (Å²) in [6, 6.07) is 5.52. The van der Waals surface area contributed by atoms with Gasteiger partial charge < -0.3 is 65.9 Å². The number of cyclic esters (lactones) is 1. The lowest BCUT2D eigenvalue weighted by molar-refractivity contribution is -0.171. The minimum Gasteiger partial charge on any atom is -0.508 e. The van der Waals surface area contributed by atoms with E-state index in [4.69, 9.17) is 14.2 Å². The first-order valence-electron chi connectivity index (χ1n) is 26.4. The number of ether oxygens (including phenoxy) is 3. The SMILES string of the molecule is CCC(C)C1NC(=O)C(Cc2ccccc2)N(C)C(=O)C(C(C)CC)N2C(=O)C(CCC2OC)NC(=O)C(CC2C=CC(O)CC2)NC(=O)C(NC(=O)C(CCc2ccc(O)cc2)NC(=O)C(CO)OC)C(C)OC1=O. The van der Waals surface area contributed by atoms with E-state index in [1.807, 2.05) is 13.8 Å². The lowest BCUT2D eigenvalue weighted by atomic mass is 9.88. The molecule has 5 rings (SSSR count). The van der Waals surface area contributed by atoms with E-state index in [0.29, 0.717) is 36.8 Å². The first-order valence-corrected chi connectivity index (χ1v) is 26.4. The molecule has 3 aliphatic rings. The van der Waals surface area contributed by atoms with Crippen LogP contribution in [0.25, 0.3) is 0 Å². The van der Waals surface area contributed by atoms with Crippen molar-refractivity contribution < 1.29 is 67.9 Å². The number of hydrogen-bond donors (Lipinski definition) is 8. The Balaban J connectivity index is 1.64. The lowest BCUT2D eigenvalue weighted by Gasteiger charge is -2.46. The predicted molar refractivity (Wildman–Crippen MR) is 278 cm³/mol. The Morgan fingerprint density at radius 2 is 1.50 bits per heavy atom. The third kappa shape index (κ3) is 15.8. The summed E-state index contributed by atoms with van der Waals surface area (Å²) in [5, 5.41) is 43.8. The fourth-order valence-corrected chi connectivity index (χ4v) is 9.83. The van der Waals surface area contributed by atoms with E-state index in [2.05, 4.69) is 26.6 Å². The number of likely N-dealkylation sites (N-methyl/N-ethyl adjacent to an activating group) is 1. The quantitative estimate of drug-likeness (QED) is 0.0777. The van der Waals surface area contributed by atoms with Gasteiger partial charge in [0, 0.05) is 27.7 Å². The number of aromatic hydroxyl groups is 1. The molecular formula is C55H79N7O14. The Morgan fingerprint density at radius 3 is 2.11 bits per heavy atom. The van der Waals surface area contributed by atoms with Gasteiger partial charge in [0.1, 0.15) is 60.4 Å². The van der Waals surface area contributed by atoms with Crippen molar-refractivity contribution in [2.75, 3.05) is 27.9 Å². The van der Waals surface area contributed by atoms with E-state index in [9.17, 15) is 44.1 Å². The summed E-state index contributed by atoms with van der Waals surface area (Å²) in [5.41, 5.74) is 1.36. The molecule has 7 amide bonds. The topological polar surface area (TPSA) is 292 Å². The first kappa shape index (κ1) is 60.4. The van der Waals surface area contributed by atoms with Crippen LogP contribution in [0.15, 0.2) is 66.7 Å². The second-order valence-corrected chi connectivity index (χ2v) is 20.3. The number of aryl methyl sites for hydroxylation is 1. The minimum atomic E-state index is -1.78. The van der Waals surface area contributed by atoms with Crippen molar-refractivity contribution >= 4 is 47.3 Å². The van der Waals surface area contributed by atoms with E-state index < -0.39 is 133 Å². The molecule has 2 fully saturated rings. The zero-order chi connectivity index (χ0) is 55.8. The van der Waals surface area contributed by atoms with Crippen LogP contribution in [-0.4, -0.2) is 167 Å². The van der Waals surface area contributed by atoms with Crippen molar-refractivity contribution in [3.63, 3.8) is 0 Å². The summed E-state index contributed by atoms with van der Waals surface area (Å²) < 4.78 is 17.0. The second kappa shape index (κ2) is 28.6. The number of allylic oxidation sites excluding steroid dienone is 1. The molecule has 0 aromatic heterocycles. The number of piperidine rings is 1. The lowest BCUT2D eigenvalue weighted by Crippen LogP contribution is -2.66. The molecule has 418 valence electrons. The standard InChI is InChI=1S/C55H79N7O14/c1-9-31(3)45-55(73)76-33(5)46(60-48(66)39(56-51(69)43(30-63)74-7)25-20-34-16-21-37(64)22-17-34)52(70)58-41(28-36-18-23-38(65)24-19-36)49(67)57-40-26-27-44(75-8)62(53(40)71)47(32(4)10-2)54(72)61(6)42(50(68)59-45)29-35-14-12-11-13-15-35/h11-18,21-23,31-33,36,38-47,63-65H,9-10,19-20,24-30H2,1-8H3,(H,56,69)(H,57,67)(H,58,70)(H,59,68)(H,60,66). The summed E-state index contributed by atoms with van der Waals surface area (Å²) in [5.74, 6) is -7.88. The van der Waals surface area contributed by atoms with Crippen molar-refractivity contribution in [3.05, 3.63) is 77.9 Å². The smallest absolute Gasteiger partial charge is 0.329 e. The monoisotopic (exact) mass is 1060 g/mol. The molecule has 2 bridgehead atoms. The molecular weight excluding hydrogens is 983 g/mol. The molecule has 2 saturated heterocycles. The van der Waals surface area contributed by atoms with Gasteiger partial charge in [0.2, 0.25) is 35.4 Å². The van der Waals surface area contributed by atoms with E-state index in [-0.39, 0.29) is 50.2 Å². The number of amides is 7. The summed E-state index contributed by atoms with van der Waals surface area (Å²) >= 11 is 0. The van der Waals surface area contributed by atoms with Gasteiger partial charge in [-0.15, -0.1) is 0 Å². The Kier molecular flexibility index (Phi) is 22.8. The minimum absolute atomic E-state index is 0.000158. The van der Waals surface area contributed by atoms with Crippen LogP contribution in [0.5, 0.6) is 5.75 Å². The van der Waals surface area contributed by atoms with Crippen LogP contribution in [0.1, 0.15) is 97.1 Å². The molecule has 8 N–H and O–H groups in total. The third-order valence-corrected chi connectivity index (χ3v) is 15.0. The third-order valence-electron chi connectivity index (χ3n) is 15.0. The first-order chi connectivity index (χ1) is 36.2. The highest BCUT2D eigenvalue weighted by Crippen LogP contribution is 2.30. The maximum absolute atomic E-state index is 15.2. The van der Waals surface area contributed by atoms with E-state index >= 15 is 9.59 Å².